The van der Waals surface area contributed by atoms with Crippen molar-refractivity contribution in [1.29, 1.82) is 0 Å². The van der Waals surface area contributed by atoms with Gasteiger partial charge in [-0.3, -0.25) is 4.79 Å². The van der Waals surface area contributed by atoms with Crippen LogP contribution in [-0.4, -0.2) is 15.6 Å². The van der Waals surface area contributed by atoms with Crippen molar-refractivity contribution in [3.63, 3.8) is 0 Å². The molecule has 1 aromatic carbocycles. The first-order chi connectivity index (χ1) is 9.58. The molecule has 1 unspecified atom stereocenters. The lowest BCUT2D eigenvalue weighted by atomic mass is 9.78. The van der Waals surface area contributed by atoms with Crippen molar-refractivity contribution in [3.8, 4) is 5.69 Å². The Hall–Kier alpha value is -1.90. The van der Waals surface area contributed by atoms with Crippen LogP contribution >= 0.6 is 0 Å². The molecule has 1 fully saturated rings. The van der Waals surface area contributed by atoms with Gasteiger partial charge in [-0.15, -0.1) is 0 Å². The third-order valence-electron chi connectivity index (χ3n) is 4.46. The van der Waals surface area contributed by atoms with Crippen molar-refractivity contribution < 1.29 is 4.79 Å². The van der Waals surface area contributed by atoms with E-state index >= 15 is 0 Å². The summed E-state index contributed by atoms with van der Waals surface area (Å²) in [5.41, 5.74) is 1.83. The van der Waals surface area contributed by atoms with Crippen LogP contribution in [0.4, 0.5) is 0 Å². The van der Waals surface area contributed by atoms with E-state index in [9.17, 15) is 4.79 Å². The first-order valence-electron chi connectivity index (χ1n) is 7.22. The molecule has 0 saturated heterocycles. The molecular formula is C17H20N2O. The van der Waals surface area contributed by atoms with Gasteiger partial charge in [0.1, 0.15) is 0 Å². The van der Waals surface area contributed by atoms with E-state index in [4.69, 9.17) is 0 Å². The van der Waals surface area contributed by atoms with Crippen LogP contribution in [0.2, 0.25) is 0 Å². The highest BCUT2D eigenvalue weighted by atomic mass is 16.1. The number of hydrogen-bond acceptors (Lipinski definition) is 2. The Kier molecular flexibility index (Phi) is 3.20. The number of ketones is 1. The Balaban J connectivity index is 1.86. The molecule has 1 aliphatic carbocycles. The van der Waals surface area contributed by atoms with Crippen LogP contribution in [0.15, 0.2) is 42.7 Å². The van der Waals surface area contributed by atoms with Gasteiger partial charge >= 0.3 is 0 Å². The molecule has 1 aromatic heterocycles. The van der Waals surface area contributed by atoms with Crippen molar-refractivity contribution >= 4 is 5.78 Å². The maximum Gasteiger partial charge on any atom is 0.169 e. The van der Waals surface area contributed by atoms with Gasteiger partial charge in [0, 0.05) is 12.1 Å². The van der Waals surface area contributed by atoms with Gasteiger partial charge in [-0.25, -0.2) is 4.68 Å². The minimum Gasteiger partial charge on any atom is -0.294 e. The van der Waals surface area contributed by atoms with E-state index in [-0.39, 0.29) is 17.1 Å². The van der Waals surface area contributed by atoms with Crippen LogP contribution in [0.1, 0.15) is 43.5 Å². The smallest absolute Gasteiger partial charge is 0.169 e. The Morgan fingerprint density at radius 2 is 2.05 bits per heavy atom. The monoisotopic (exact) mass is 268 g/mol. The van der Waals surface area contributed by atoms with Crippen LogP contribution in [0.3, 0.4) is 0 Å². The standard InChI is InChI=1S/C17H20N2O/c1-17(2)10-6-9-15(17)16(20)13-11-18-19(12-13)14-7-4-3-5-8-14/h3-5,7-8,11-12,15H,6,9-10H2,1-2H3. The highest BCUT2D eigenvalue weighted by molar-refractivity contribution is 5.98. The lowest BCUT2D eigenvalue weighted by Gasteiger charge is -2.25. The molecule has 20 heavy (non-hydrogen) atoms. The topological polar surface area (TPSA) is 34.9 Å². The second-order valence-corrected chi connectivity index (χ2v) is 6.31. The molecule has 3 rings (SSSR count). The van der Waals surface area contributed by atoms with E-state index in [1.807, 2.05) is 36.5 Å². The van der Waals surface area contributed by atoms with Gasteiger partial charge in [0.2, 0.25) is 0 Å². The number of benzene rings is 1. The molecule has 3 heteroatoms. The van der Waals surface area contributed by atoms with Crippen molar-refractivity contribution in [3.05, 3.63) is 48.3 Å². The van der Waals surface area contributed by atoms with Crippen molar-refractivity contribution in [2.75, 3.05) is 0 Å². The van der Waals surface area contributed by atoms with Gasteiger partial charge in [-0.1, -0.05) is 38.5 Å². The molecular weight excluding hydrogens is 248 g/mol. The first-order valence-corrected chi connectivity index (χ1v) is 7.22. The van der Waals surface area contributed by atoms with Crippen molar-refractivity contribution in [2.45, 2.75) is 33.1 Å². The fourth-order valence-electron chi connectivity index (χ4n) is 3.19. The molecule has 1 aliphatic rings. The summed E-state index contributed by atoms with van der Waals surface area (Å²) in [7, 11) is 0. The molecule has 1 atom stereocenters. The van der Waals surface area contributed by atoms with E-state index in [2.05, 4.69) is 18.9 Å². The zero-order valence-corrected chi connectivity index (χ0v) is 12.0. The summed E-state index contributed by atoms with van der Waals surface area (Å²) in [5.74, 6) is 0.380. The lowest BCUT2D eigenvalue weighted by molar-refractivity contribution is 0.0839. The predicted molar refractivity (Wildman–Crippen MR) is 79.0 cm³/mol. The van der Waals surface area contributed by atoms with Crippen LogP contribution in [0.25, 0.3) is 5.69 Å². The summed E-state index contributed by atoms with van der Waals surface area (Å²) in [6.07, 6.45) is 6.84. The number of hydrogen-bond donors (Lipinski definition) is 0. The molecule has 0 bridgehead atoms. The fourth-order valence-corrected chi connectivity index (χ4v) is 3.19. The minimum atomic E-state index is 0.117. The normalized spacial score (nSPS) is 21.0. The third-order valence-corrected chi connectivity index (χ3v) is 4.46. The predicted octanol–water partition coefficient (Wildman–Crippen LogP) is 3.88. The van der Waals surface area contributed by atoms with Crippen LogP contribution < -0.4 is 0 Å². The molecule has 0 amide bonds. The molecule has 0 aliphatic heterocycles. The van der Waals surface area contributed by atoms with E-state index in [1.54, 1.807) is 10.9 Å². The summed E-state index contributed by atoms with van der Waals surface area (Å²) in [6, 6.07) is 9.89. The molecule has 2 aromatic rings. The maximum atomic E-state index is 12.7. The SMILES string of the molecule is CC1(C)CCCC1C(=O)c1cnn(-c2ccccc2)c1. The van der Waals surface area contributed by atoms with Gasteiger partial charge < -0.3 is 0 Å². The molecule has 1 heterocycles. The van der Waals surface area contributed by atoms with Crippen LogP contribution in [0, 0.1) is 11.3 Å². The highest BCUT2D eigenvalue weighted by Crippen LogP contribution is 2.44. The molecule has 0 radical (unpaired) electrons. The zero-order chi connectivity index (χ0) is 14.2. The van der Waals surface area contributed by atoms with Gasteiger partial charge in [0.25, 0.3) is 0 Å². The number of Topliss-reactive ketones (excluding diaryl/α,β-unsaturated/α-hetero) is 1. The number of carbonyl (C=O) groups excluding carboxylic acids is 1. The highest BCUT2D eigenvalue weighted by Gasteiger charge is 2.39. The van der Waals surface area contributed by atoms with Crippen LogP contribution in [-0.2, 0) is 0 Å². The van der Waals surface area contributed by atoms with Gasteiger partial charge in [0.15, 0.2) is 5.78 Å². The zero-order valence-electron chi connectivity index (χ0n) is 12.0. The maximum absolute atomic E-state index is 12.7. The summed E-state index contributed by atoms with van der Waals surface area (Å²) >= 11 is 0. The Morgan fingerprint density at radius 1 is 1.30 bits per heavy atom. The second kappa shape index (κ2) is 4.89. The summed E-state index contributed by atoms with van der Waals surface area (Å²) in [5, 5.41) is 4.32. The van der Waals surface area contributed by atoms with E-state index in [1.165, 1.54) is 0 Å². The van der Waals surface area contributed by atoms with Gasteiger partial charge in [-0.2, -0.15) is 5.10 Å². The lowest BCUT2D eigenvalue weighted by Crippen LogP contribution is -2.25. The largest absolute Gasteiger partial charge is 0.294 e. The van der Waals surface area contributed by atoms with Crippen molar-refractivity contribution in [2.24, 2.45) is 11.3 Å². The quantitative estimate of drug-likeness (QED) is 0.792. The van der Waals surface area contributed by atoms with E-state index in [0.717, 1.165) is 30.5 Å². The third kappa shape index (κ3) is 2.28. The summed E-state index contributed by atoms with van der Waals surface area (Å²) < 4.78 is 1.77. The molecule has 1 saturated carbocycles. The Labute approximate surface area is 119 Å². The van der Waals surface area contributed by atoms with Crippen molar-refractivity contribution in [1.82, 2.24) is 9.78 Å². The number of aromatic nitrogens is 2. The molecule has 3 nitrogen and oxygen atoms in total. The number of rotatable bonds is 3. The van der Waals surface area contributed by atoms with Gasteiger partial charge in [0.05, 0.1) is 17.4 Å². The number of para-hydroxylation sites is 1. The molecule has 0 N–H and O–H groups in total. The Bertz CT molecular complexity index is 613. The molecule has 104 valence electrons. The second-order valence-electron chi connectivity index (χ2n) is 6.31. The Morgan fingerprint density at radius 3 is 2.70 bits per heavy atom. The molecule has 0 spiro atoms. The first kappa shape index (κ1) is 13.1. The minimum absolute atomic E-state index is 0.117. The average molecular weight is 268 g/mol. The van der Waals surface area contributed by atoms with Crippen LogP contribution in [0.5, 0.6) is 0 Å². The summed E-state index contributed by atoms with van der Waals surface area (Å²) in [4.78, 5) is 12.7. The number of nitrogens with zero attached hydrogens (tertiary/aromatic N) is 2. The van der Waals surface area contributed by atoms with E-state index in [0.29, 0.717) is 0 Å². The number of carbonyl (C=O) groups is 1. The fraction of sp³-hybridized carbons (Fsp3) is 0.412. The van der Waals surface area contributed by atoms with Gasteiger partial charge in [-0.05, 0) is 30.4 Å². The summed E-state index contributed by atoms with van der Waals surface area (Å²) in [6.45, 7) is 4.40. The van der Waals surface area contributed by atoms with E-state index < -0.39 is 0 Å². The average Bonchev–Trinajstić information content (AvgIpc) is 3.05.